The zero-order chi connectivity index (χ0) is 13.9. The third-order valence-electron chi connectivity index (χ3n) is 2.50. The molecule has 2 N–H and O–H groups in total. The number of anilines is 2. The minimum Gasteiger partial charge on any atom is -0.384 e. The predicted octanol–water partition coefficient (Wildman–Crippen LogP) is 1.65. The smallest absolute Gasteiger partial charge is 0.265 e. The third-order valence-corrected chi connectivity index (χ3v) is 3.91. The van der Waals surface area contributed by atoms with E-state index in [-0.39, 0.29) is 4.90 Å². The Balaban J connectivity index is 2.34. The van der Waals surface area contributed by atoms with Gasteiger partial charge in [-0.25, -0.2) is 8.42 Å². The molecule has 0 saturated heterocycles. The van der Waals surface area contributed by atoms with Crippen molar-refractivity contribution in [2.24, 2.45) is 7.05 Å². The summed E-state index contributed by atoms with van der Waals surface area (Å²) in [6.45, 7) is 2.56. The van der Waals surface area contributed by atoms with Gasteiger partial charge in [0.25, 0.3) is 10.0 Å². The summed E-state index contributed by atoms with van der Waals surface area (Å²) in [5.41, 5.74) is 0.577. The van der Waals surface area contributed by atoms with Crippen molar-refractivity contribution < 1.29 is 8.42 Å². The number of nitrogens with one attached hydrogen (secondary N) is 2. The molecule has 0 atom stereocenters. The van der Waals surface area contributed by atoms with Gasteiger partial charge in [0, 0.05) is 25.9 Å². The average molecular weight is 280 g/mol. The number of rotatable bonds is 5. The molecule has 0 amide bonds. The fraction of sp³-hybridized carbons (Fsp3) is 0.250. The highest BCUT2D eigenvalue weighted by Gasteiger charge is 2.18. The molecule has 0 aliphatic heterocycles. The molecule has 1 aromatic heterocycles. The normalized spacial score (nSPS) is 11.3. The van der Waals surface area contributed by atoms with Crippen LogP contribution in [0.3, 0.4) is 0 Å². The van der Waals surface area contributed by atoms with Crippen LogP contribution in [0.25, 0.3) is 0 Å². The number of aromatic nitrogens is 2. The Labute approximate surface area is 112 Å². The molecular weight excluding hydrogens is 264 g/mol. The van der Waals surface area contributed by atoms with Crippen molar-refractivity contribution in [2.75, 3.05) is 16.6 Å². The largest absolute Gasteiger partial charge is 0.384 e. The van der Waals surface area contributed by atoms with E-state index >= 15 is 0 Å². The van der Waals surface area contributed by atoms with E-state index in [2.05, 4.69) is 15.1 Å². The summed E-state index contributed by atoms with van der Waals surface area (Å²) in [6, 6.07) is 8.37. The van der Waals surface area contributed by atoms with Gasteiger partial charge in [-0.1, -0.05) is 12.1 Å². The summed E-state index contributed by atoms with van der Waals surface area (Å²) in [7, 11) is -1.91. The number of aryl methyl sites for hydroxylation is 1. The van der Waals surface area contributed by atoms with E-state index in [1.807, 2.05) is 6.92 Å². The van der Waals surface area contributed by atoms with Gasteiger partial charge >= 0.3 is 0 Å². The fourth-order valence-electron chi connectivity index (χ4n) is 1.70. The van der Waals surface area contributed by atoms with Gasteiger partial charge in [0.15, 0.2) is 5.82 Å². The van der Waals surface area contributed by atoms with Gasteiger partial charge in [0.05, 0.1) is 5.69 Å². The summed E-state index contributed by atoms with van der Waals surface area (Å²) in [5, 5.41) is 7.03. The number of hydrogen-bond donors (Lipinski definition) is 2. The molecular formula is C12H16N4O2S. The predicted molar refractivity (Wildman–Crippen MR) is 74.6 cm³/mol. The van der Waals surface area contributed by atoms with Gasteiger partial charge in [-0.15, -0.1) is 0 Å². The molecule has 2 aromatic rings. The number of hydrogen-bond acceptors (Lipinski definition) is 4. The molecule has 0 unspecified atom stereocenters. The maximum Gasteiger partial charge on any atom is 0.265 e. The van der Waals surface area contributed by atoms with Crippen LogP contribution in [0.1, 0.15) is 6.92 Å². The van der Waals surface area contributed by atoms with Crippen molar-refractivity contribution in [3.8, 4) is 0 Å². The molecule has 2 rings (SSSR count). The SMILES string of the molecule is CCNc1ccccc1S(=O)(=O)Nc1ccn(C)n1. The van der Waals surface area contributed by atoms with E-state index in [1.54, 1.807) is 43.6 Å². The van der Waals surface area contributed by atoms with Gasteiger partial charge in [-0.3, -0.25) is 9.40 Å². The molecule has 0 fully saturated rings. The van der Waals surface area contributed by atoms with Crippen LogP contribution < -0.4 is 10.0 Å². The summed E-state index contributed by atoms with van der Waals surface area (Å²) in [6.07, 6.45) is 1.67. The Bertz CT molecular complexity index is 664. The second kappa shape index (κ2) is 5.31. The summed E-state index contributed by atoms with van der Waals surface area (Å²) in [5.74, 6) is 0.300. The van der Waals surface area contributed by atoms with Crippen molar-refractivity contribution in [1.82, 2.24) is 9.78 Å². The minimum absolute atomic E-state index is 0.211. The number of nitrogens with zero attached hydrogens (tertiary/aromatic N) is 2. The van der Waals surface area contributed by atoms with Gasteiger partial charge < -0.3 is 5.32 Å². The highest BCUT2D eigenvalue weighted by atomic mass is 32.2. The lowest BCUT2D eigenvalue weighted by Crippen LogP contribution is -2.15. The maximum atomic E-state index is 12.3. The van der Waals surface area contributed by atoms with Gasteiger partial charge in [0.1, 0.15) is 4.90 Å². The van der Waals surface area contributed by atoms with Gasteiger partial charge in [-0.05, 0) is 19.1 Å². The number of sulfonamides is 1. The molecule has 102 valence electrons. The standard InChI is InChI=1S/C12H16N4O2S/c1-3-13-10-6-4-5-7-11(10)19(17,18)15-12-8-9-16(2)14-12/h4-9,13H,3H2,1-2H3,(H,14,15). The first-order chi connectivity index (χ1) is 9.03. The fourth-order valence-corrected chi connectivity index (χ4v) is 2.88. The molecule has 0 spiro atoms. The van der Waals surface area contributed by atoms with E-state index < -0.39 is 10.0 Å². The number of benzene rings is 1. The van der Waals surface area contributed by atoms with Crippen LogP contribution in [0.4, 0.5) is 11.5 Å². The molecule has 19 heavy (non-hydrogen) atoms. The van der Waals surface area contributed by atoms with Crippen LogP contribution in [0.2, 0.25) is 0 Å². The average Bonchev–Trinajstić information content (AvgIpc) is 2.75. The Hall–Kier alpha value is -2.02. The van der Waals surface area contributed by atoms with E-state index in [1.165, 1.54) is 4.68 Å². The first-order valence-electron chi connectivity index (χ1n) is 5.88. The van der Waals surface area contributed by atoms with E-state index in [0.29, 0.717) is 18.1 Å². The Morgan fingerprint density at radius 1 is 1.26 bits per heavy atom. The molecule has 6 nitrogen and oxygen atoms in total. The second-order valence-corrected chi connectivity index (χ2v) is 5.66. The summed E-state index contributed by atoms with van der Waals surface area (Å²) >= 11 is 0. The molecule has 1 aromatic carbocycles. The van der Waals surface area contributed by atoms with Crippen molar-refractivity contribution in [1.29, 1.82) is 0 Å². The van der Waals surface area contributed by atoms with Gasteiger partial charge in [0.2, 0.25) is 0 Å². The lowest BCUT2D eigenvalue weighted by molar-refractivity contribution is 0.601. The van der Waals surface area contributed by atoms with Crippen molar-refractivity contribution in [2.45, 2.75) is 11.8 Å². The lowest BCUT2D eigenvalue weighted by Gasteiger charge is -2.11. The zero-order valence-electron chi connectivity index (χ0n) is 10.8. The highest BCUT2D eigenvalue weighted by Crippen LogP contribution is 2.22. The monoisotopic (exact) mass is 280 g/mol. The van der Waals surface area contributed by atoms with Crippen LogP contribution in [-0.2, 0) is 17.1 Å². The van der Waals surface area contributed by atoms with Crippen molar-refractivity contribution >= 4 is 21.5 Å². The van der Waals surface area contributed by atoms with Crippen molar-refractivity contribution in [3.05, 3.63) is 36.5 Å². The van der Waals surface area contributed by atoms with Crippen LogP contribution in [0, 0.1) is 0 Å². The first-order valence-corrected chi connectivity index (χ1v) is 7.36. The summed E-state index contributed by atoms with van der Waals surface area (Å²) in [4.78, 5) is 0.211. The van der Waals surface area contributed by atoms with Crippen LogP contribution in [0.5, 0.6) is 0 Å². The Morgan fingerprint density at radius 3 is 2.63 bits per heavy atom. The highest BCUT2D eigenvalue weighted by molar-refractivity contribution is 7.92. The minimum atomic E-state index is -3.64. The summed E-state index contributed by atoms with van der Waals surface area (Å²) < 4.78 is 28.6. The van der Waals surface area contributed by atoms with E-state index in [4.69, 9.17) is 0 Å². The third kappa shape index (κ3) is 3.05. The quantitative estimate of drug-likeness (QED) is 0.873. The van der Waals surface area contributed by atoms with E-state index in [9.17, 15) is 8.42 Å². The zero-order valence-corrected chi connectivity index (χ0v) is 11.6. The number of para-hydroxylation sites is 1. The van der Waals surface area contributed by atoms with Crippen LogP contribution in [0.15, 0.2) is 41.4 Å². The molecule has 1 heterocycles. The Kier molecular flexibility index (Phi) is 3.75. The second-order valence-electron chi connectivity index (χ2n) is 4.01. The molecule has 0 saturated carbocycles. The van der Waals surface area contributed by atoms with Crippen molar-refractivity contribution in [3.63, 3.8) is 0 Å². The Morgan fingerprint density at radius 2 is 2.00 bits per heavy atom. The van der Waals surface area contributed by atoms with Crippen LogP contribution >= 0.6 is 0 Å². The molecule has 0 bridgehead atoms. The van der Waals surface area contributed by atoms with E-state index in [0.717, 1.165) is 0 Å². The first kappa shape index (κ1) is 13.4. The lowest BCUT2D eigenvalue weighted by atomic mass is 10.3. The maximum absolute atomic E-state index is 12.3. The van der Waals surface area contributed by atoms with Crippen LogP contribution in [-0.4, -0.2) is 24.7 Å². The topological polar surface area (TPSA) is 76.0 Å². The molecule has 0 aliphatic carbocycles. The molecule has 0 aliphatic rings. The molecule has 0 radical (unpaired) electrons. The van der Waals surface area contributed by atoms with Gasteiger partial charge in [-0.2, -0.15) is 5.10 Å². The molecule has 7 heteroatoms.